The van der Waals surface area contributed by atoms with Crippen LogP contribution in [0.25, 0.3) is 0 Å². The fraction of sp³-hybridized carbons (Fsp3) is 0.160. The van der Waals surface area contributed by atoms with Crippen LogP contribution in [0.15, 0.2) is 72.8 Å². The van der Waals surface area contributed by atoms with Gasteiger partial charge in [-0.2, -0.15) is 0 Å². The molecule has 0 bridgehead atoms. The maximum absolute atomic E-state index is 12.4. The number of nitrogens with one attached hydrogen (secondary N) is 2. The molecule has 0 radical (unpaired) electrons. The minimum absolute atomic E-state index is 0.121. The van der Waals surface area contributed by atoms with Crippen molar-refractivity contribution in [1.82, 2.24) is 5.32 Å². The summed E-state index contributed by atoms with van der Waals surface area (Å²) in [6.07, 6.45) is 0.258. The summed E-state index contributed by atoms with van der Waals surface area (Å²) in [6.45, 7) is 1.62. The standard InChI is InChI=1S/C25H24N2O5/c1-17(28)32-23-5-3-4-20(15-23)25(30)26-16-19-6-10-21(11-7-19)27-24(29)14-18-8-12-22(31-2)13-9-18/h3-13,15H,14,16H2,1-2H3,(H,26,30)(H,27,29). The van der Waals surface area contributed by atoms with E-state index in [2.05, 4.69) is 10.6 Å². The molecule has 0 spiro atoms. The molecule has 0 unspecified atom stereocenters. The van der Waals surface area contributed by atoms with E-state index in [1.165, 1.54) is 13.0 Å². The molecule has 0 atom stereocenters. The van der Waals surface area contributed by atoms with Gasteiger partial charge in [0, 0.05) is 24.7 Å². The van der Waals surface area contributed by atoms with Crippen molar-refractivity contribution >= 4 is 23.5 Å². The molecule has 0 heterocycles. The zero-order valence-corrected chi connectivity index (χ0v) is 17.9. The van der Waals surface area contributed by atoms with Crippen LogP contribution in [0.1, 0.15) is 28.4 Å². The second-order valence-electron chi connectivity index (χ2n) is 7.07. The summed E-state index contributed by atoms with van der Waals surface area (Å²) in [7, 11) is 1.60. The second kappa shape index (κ2) is 10.8. The highest BCUT2D eigenvalue weighted by molar-refractivity contribution is 5.94. The van der Waals surface area contributed by atoms with E-state index < -0.39 is 5.97 Å². The first kappa shape index (κ1) is 22.6. The quantitative estimate of drug-likeness (QED) is 0.418. The van der Waals surface area contributed by atoms with Crippen molar-refractivity contribution in [1.29, 1.82) is 0 Å². The molecule has 0 saturated heterocycles. The number of methoxy groups -OCH3 is 1. The van der Waals surface area contributed by atoms with Crippen molar-refractivity contribution in [2.75, 3.05) is 12.4 Å². The summed E-state index contributed by atoms with van der Waals surface area (Å²) >= 11 is 0. The third kappa shape index (κ3) is 6.70. The van der Waals surface area contributed by atoms with Gasteiger partial charge in [0.2, 0.25) is 5.91 Å². The van der Waals surface area contributed by atoms with Gasteiger partial charge in [0.15, 0.2) is 0 Å². The Morgan fingerprint density at radius 1 is 0.844 bits per heavy atom. The molecule has 0 aliphatic rings. The number of esters is 1. The number of hydrogen-bond donors (Lipinski definition) is 2. The Morgan fingerprint density at radius 3 is 2.19 bits per heavy atom. The predicted octanol–water partition coefficient (Wildman–Crippen LogP) is 3.73. The summed E-state index contributed by atoms with van der Waals surface area (Å²) in [5, 5.41) is 5.68. The van der Waals surface area contributed by atoms with Gasteiger partial charge in [0.05, 0.1) is 13.5 Å². The van der Waals surface area contributed by atoms with Crippen molar-refractivity contribution in [3.63, 3.8) is 0 Å². The normalized spacial score (nSPS) is 10.2. The van der Waals surface area contributed by atoms with Crippen LogP contribution in [0.4, 0.5) is 5.69 Å². The Labute approximate surface area is 186 Å². The average molecular weight is 432 g/mol. The predicted molar refractivity (Wildman–Crippen MR) is 121 cm³/mol. The van der Waals surface area contributed by atoms with Gasteiger partial charge in [0.1, 0.15) is 11.5 Å². The molecule has 2 N–H and O–H groups in total. The summed E-state index contributed by atoms with van der Waals surface area (Å²) in [5.74, 6) is 0.215. The van der Waals surface area contributed by atoms with Crippen LogP contribution < -0.4 is 20.1 Å². The fourth-order valence-corrected chi connectivity index (χ4v) is 2.99. The van der Waals surface area contributed by atoms with E-state index in [0.29, 0.717) is 23.5 Å². The van der Waals surface area contributed by atoms with Gasteiger partial charge in [-0.05, 0) is 53.6 Å². The SMILES string of the molecule is COc1ccc(CC(=O)Nc2ccc(CNC(=O)c3cccc(OC(C)=O)c3)cc2)cc1. The summed E-state index contributed by atoms with van der Waals surface area (Å²) in [5.41, 5.74) is 2.84. The Balaban J connectivity index is 1.50. The molecule has 0 aliphatic heterocycles. The first-order chi connectivity index (χ1) is 15.4. The largest absolute Gasteiger partial charge is 0.497 e. The zero-order chi connectivity index (χ0) is 22.9. The van der Waals surface area contributed by atoms with Crippen LogP contribution in [0.3, 0.4) is 0 Å². The van der Waals surface area contributed by atoms with Crippen LogP contribution in [0.5, 0.6) is 11.5 Å². The summed E-state index contributed by atoms with van der Waals surface area (Å²) in [4.78, 5) is 35.7. The van der Waals surface area contributed by atoms with Gasteiger partial charge in [-0.1, -0.05) is 30.3 Å². The molecule has 7 heteroatoms. The molecule has 0 saturated carbocycles. The Kier molecular flexibility index (Phi) is 7.59. The highest BCUT2D eigenvalue weighted by Gasteiger charge is 2.08. The third-order valence-corrected chi connectivity index (χ3v) is 4.57. The minimum Gasteiger partial charge on any atom is -0.497 e. The molecule has 7 nitrogen and oxygen atoms in total. The number of anilines is 1. The Morgan fingerprint density at radius 2 is 1.53 bits per heavy atom. The van der Waals surface area contributed by atoms with Crippen molar-refractivity contribution in [2.24, 2.45) is 0 Å². The number of rotatable bonds is 8. The number of benzene rings is 3. The lowest BCUT2D eigenvalue weighted by molar-refractivity contribution is -0.131. The Hall–Kier alpha value is -4.13. The van der Waals surface area contributed by atoms with Crippen molar-refractivity contribution in [3.8, 4) is 11.5 Å². The van der Waals surface area contributed by atoms with E-state index in [1.807, 2.05) is 36.4 Å². The average Bonchev–Trinajstić information content (AvgIpc) is 2.78. The van der Waals surface area contributed by atoms with Crippen LogP contribution in [-0.2, 0) is 22.6 Å². The lowest BCUT2D eigenvalue weighted by Gasteiger charge is -2.09. The number of carbonyl (C=O) groups excluding carboxylic acids is 3. The van der Waals surface area contributed by atoms with Gasteiger partial charge in [-0.15, -0.1) is 0 Å². The van der Waals surface area contributed by atoms with Crippen LogP contribution in [0.2, 0.25) is 0 Å². The monoisotopic (exact) mass is 432 g/mol. The van der Waals surface area contributed by atoms with Gasteiger partial charge >= 0.3 is 5.97 Å². The topological polar surface area (TPSA) is 93.7 Å². The molecule has 164 valence electrons. The van der Waals surface area contributed by atoms with E-state index in [1.54, 1.807) is 37.4 Å². The molecule has 3 rings (SSSR count). The molecule has 0 fully saturated rings. The second-order valence-corrected chi connectivity index (χ2v) is 7.07. The highest BCUT2D eigenvalue weighted by Crippen LogP contribution is 2.15. The molecular weight excluding hydrogens is 408 g/mol. The van der Waals surface area contributed by atoms with E-state index in [-0.39, 0.29) is 18.2 Å². The first-order valence-corrected chi connectivity index (χ1v) is 10.0. The molecule has 2 amide bonds. The fourth-order valence-electron chi connectivity index (χ4n) is 2.99. The van der Waals surface area contributed by atoms with E-state index >= 15 is 0 Å². The zero-order valence-electron chi connectivity index (χ0n) is 17.9. The number of amides is 2. The van der Waals surface area contributed by atoms with E-state index in [0.717, 1.165) is 16.9 Å². The van der Waals surface area contributed by atoms with Crippen LogP contribution >= 0.6 is 0 Å². The van der Waals surface area contributed by atoms with Crippen LogP contribution in [-0.4, -0.2) is 24.9 Å². The first-order valence-electron chi connectivity index (χ1n) is 10.0. The van der Waals surface area contributed by atoms with Gasteiger partial charge in [0.25, 0.3) is 5.91 Å². The maximum Gasteiger partial charge on any atom is 0.308 e. The molecule has 3 aromatic rings. The van der Waals surface area contributed by atoms with Crippen molar-refractivity contribution in [3.05, 3.63) is 89.5 Å². The van der Waals surface area contributed by atoms with E-state index in [4.69, 9.17) is 9.47 Å². The third-order valence-electron chi connectivity index (χ3n) is 4.57. The number of ether oxygens (including phenoxy) is 2. The Bertz CT molecular complexity index is 1090. The van der Waals surface area contributed by atoms with E-state index in [9.17, 15) is 14.4 Å². The lowest BCUT2D eigenvalue weighted by atomic mass is 10.1. The molecule has 0 aromatic heterocycles. The van der Waals surface area contributed by atoms with Crippen molar-refractivity contribution < 1.29 is 23.9 Å². The number of hydrogen-bond acceptors (Lipinski definition) is 5. The smallest absolute Gasteiger partial charge is 0.308 e. The molecule has 3 aromatic carbocycles. The lowest BCUT2D eigenvalue weighted by Crippen LogP contribution is -2.22. The van der Waals surface area contributed by atoms with Gasteiger partial charge in [-0.25, -0.2) is 0 Å². The molecular formula is C25H24N2O5. The van der Waals surface area contributed by atoms with Gasteiger partial charge in [-0.3, -0.25) is 14.4 Å². The molecule has 0 aliphatic carbocycles. The van der Waals surface area contributed by atoms with Crippen LogP contribution in [0, 0.1) is 0 Å². The summed E-state index contributed by atoms with van der Waals surface area (Å²) < 4.78 is 10.1. The number of carbonyl (C=O) groups is 3. The van der Waals surface area contributed by atoms with Crippen molar-refractivity contribution in [2.45, 2.75) is 19.9 Å². The maximum atomic E-state index is 12.4. The summed E-state index contributed by atoms with van der Waals surface area (Å²) in [6, 6.07) is 21.0. The highest BCUT2D eigenvalue weighted by atomic mass is 16.5. The minimum atomic E-state index is -0.446. The van der Waals surface area contributed by atoms with Gasteiger partial charge < -0.3 is 20.1 Å². The molecule has 32 heavy (non-hydrogen) atoms.